The molecule has 0 spiro atoms. The summed E-state index contributed by atoms with van der Waals surface area (Å²) in [5.41, 5.74) is 0. The van der Waals surface area contributed by atoms with Crippen molar-refractivity contribution in [2.75, 3.05) is 19.6 Å². The number of nitrogens with zero attached hydrogens (tertiary/aromatic N) is 1. The average molecular weight is 185 g/mol. The standard InChI is InChI=1S/C12H27N/c1-5-7-8-10-13(9-6-2)11-12(3)4/h12H,5-11H2,1-4H3. The molecule has 0 saturated heterocycles. The highest BCUT2D eigenvalue weighted by Gasteiger charge is 2.04. The Hall–Kier alpha value is -0.0400. The van der Waals surface area contributed by atoms with Gasteiger partial charge in [0, 0.05) is 6.54 Å². The first-order chi connectivity index (χ1) is 6.20. The van der Waals surface area contributed by atoms with Crippen LogP contribution in [-0.4, -0.2) is 24.5 Å². The lowest BCUT2D eigenvalue weighted by atomic mass is 10.2. The zero-order valence-corrected chi connectivity index (χ0v) is 9.97. The van der Waals surface area contributed by atoms with E-state index in [1.54, 1.807) is 0 Å². The van der Waals surface area contributed by atoms with Gasteiger partial charge < -0.3 is 4.90 Å². The van der Waals surface area contributed by atoms with Crippen LogP contribution in [0.1, 0.15) is 53.4 Å². The van der Waals surface area contributed by atoms with Gasteiger partial charge in [0.15, 0.2) is 0 Å². The smallest absolute Gasteiger partial charge is 0.000438 e. The van der Waals surface area contributed by atoms with E-state index in [0.29, 0.717) is 0 Å². The Morgan fingerprint density at radius 3 is 2.08 bits per heavy atom. The van der Waals surface area contributed by atoms with Crippen molar-refractivity contribution in [1.29, 1.82) is 0 Å². The van der Waals surface area contributed by atoms with Crippen molar-refractivity contribution < 1.29 is 0 Å². The van der Waals surface area contributed by atoms with Gasteiger partial charge in [0.05, 0.1) is 0 Å². The third-order valence-electron chi connectivity index (χ3n) is 2.24. The van der Waals surface area contributed by atoms with Crippen LogP contribution in [0.15, 0.2) is 0 Å². The topological polar surface area (TPSA) is 3.24 Å². The minimum absolute atomic E-state index is 0.813. The Kier molecular flexibility index (Phi) is 8.53. The van der Waals surface area contributed by atoms with Crippen LogP contribution in [0.5, 0.6) is 0 Å². The molecule has 0 atom stereocenters. The molecular weight excluding hydrogens is 158 g/mol. The zero-order chi connectivity index (χ0) is 10.1. The Morgan fingerprint density at radius 1 is 0.923 bits per heavy atom. The van der Waals surface area contributed by atoms with Gasteiger partial charge in [0.2, 0.25) is 0 Å². The van der Waals surface area contributed by atoms with E-state index in [9.17, 15) is 0 Å². The SMILES string of the molecule is CCCCCN(CCC)CC(C)C. The molecule has 0 radical (unpaired) electrons. The van der Waals surface area contributed by atoms with Gasteiger partial charge in [-0.15, -0.1) is 0 Å². The van der Waals surface area contributed by atoms with Crippen molar-refractivity contribution in [3.8, 4) is 0 Å². The minimum atomic E-state index is 0.813. The summed E-state index contributed by atoms with van der Waals surface area (Å²) in [6, 6.07) is 0. The first-order valence-electron chi connectivity index (χ1n) is 5.93. The summed E-state index contributed by atoms with van der Waals surface area (Å²) in [7, 11) is 0. The molecule has 13 heavy (non-hydrogen) atoms. The molecule has 0 aromatic rings. The Bertz CT molecular complexity index is 99.3. The minimum Gasteiger partial charge on any atom is -0.303 e. The van der Waals surface area contributed by atoms with Gasteiger partial charge >= 0.3 is 0 Å². The lowest BCUT2D eigenvalue weighted by Gasteiger charge is -2.23. The number of hydrogen-bond acceptors (Lipinski definition) is 1. The molecule has 0 aliphatic rings. The van der Waals surface area contributed by atoms with Gasteiger partial charge in [-0.3, -0.25) is 0 Å². The fourth-order valence-electron chi connectivity index (χ4n) is 1.71. The van der Waals surface area contributed by atoms with Crippen LogP contribution in [0.25, 0.3) is 0 Å². The summed E-state index contributed by atoms with van der Waals surface area (Å²) in [5.74, 6) is 0.813. The fourth-order valence-corrected chi connectivity index (χ4v) is 1.71. The molecule has 0 aromatic carbocycles. The van der Waals surface area contributed by atoms with Crippen molar-refractivity contribution in [3.05, 3.63) is 0 Å². The van der Waals surface area contributed by atoms with Crippen LogP contribution in [0.3, 0.4) is 0 Å². The maximum atomic E-state index is 2.61. The maximum Gasteiger partial charge on any atom is 0.000438 e. The molecule has 0 saturated carbocycles. The van der Waals surface area contributed by atoms with E-state index in [4.69, 9.17) is 0 Å². The number of hydrogen-bond donors (Lipinski definition) is 0. The third kappa shape index (κ3) is 8.29. The highest BCUT2D eigenvalue weighted by molar-refractivity contribution is 4.59. The van der Waals surface area contributed by atoms with E-state index in [1.165, 1.54) is 45.3 Å². The fraction of sp³-hybridized carbons (Fsp3) is 1.00. The Labute approximate surface area is 84.5 Å². The molecule has 0 rings (SSSR count). The monoisotopic (exact) mass is 185 g/mol. The van der Waals surface area contributed by atoms with Gasteiger partial charge in [-0.2, -0.15) is 0 Å². The van der Waals surface area contributed by atoms with Crippen LogP contribution < -0.4 is 0 Å². The zero-order valence-electron chi connectivity index (χ0n) is 9.97. The molecule has 0 amide bonds. The summed E-state index contributed by atoms with van der Waals surface area (Å²) >= 11 is 0. The highest BCUT2D eigenvalue weighted by atomic mass is 15.1. The molecule has 0 heterocycles. The Morgan fingerprint density at radius 2 is 1.62 bits per heavy atom. The molecule has 0 fully saturated rings. The second kappa shape index (κ2) is 8.55. The largest absolute Gasteiger partial charge is 0.303 e. The maximum absolute atomic E-state index is 2.61. The van der Waals surface area contributed by atoms with Gasteiger partial charge in [-0.1, -0.05) is 40.5 Å². The summed E-state index contributed by atoms with van der Waals surface area (Å²) in [6.07, 6.45) is 5.39. The van der Waals surface area contributed by atoms with Gasteiger partial charge in [-0.25, -0.2) is 0 Å². The molecule has 1 nitrogen and oxygen atoms in total. The third-order valence-corrected chi connectivity index (χ3v) is 2.24. The molecule has 80 valence electrons. The lowest BCUT2D eigenvalue weighted by molar-refractivity contribution is 0.240. The lowest BCUT2D eigenvalue weighted by Crippen LogP contribution is -2.29. The molecule has 0 aliphatic heterocycles. The summed E-state index contributed by atoms with van der Waals surface area (Å²) in [6.45, 7) is 13.0. The molecular formula is C12H27N. The van der Waals surface area contributed by atoms with E-state index in [-0.39, 0.29) is 0 Å². The quantitative estimate of drug-likeness (QED) is 0.523. The summed E-state index contributed by atoms with van der Waals surface area (Å²) in [5, 5.41) is 0. The van der Waals surface area contributed by atoms with Crippen molar-refractivity contribution >= 4 is 0 Å². The van der Waals surface area contributed by atoms with E-state index >= 15 is 0 Å². The van der Waals surface area contributed by atoms with Crippen LogP contribution in [0, 0.1) is 5.92 Å². The first kappa shape index (κ1) is 13.0. The predicted molar refractivity (Wildman–Crippen MR) is 61.1 cm³/mol. The normalized spacial score (nSPS) is 11.5. The van der Waals surface area contributed by atoms with E-state index in [0.717, 1.165) is 5.92 Å². The van der Waals surface area contributed by atoms with Crippen LogP contribution in [-0.2, 0) is 0 Å². The van der Waals surface area contributed by atoms with Gasteiger partial charge in [0.25, 0.3) is 0 Å². The second-order valence-electron chi connectivity index (χ2n) is 4.40. The van der Waals surface area contributed by atoms with E-state index in [1.807, 2.05) is 0 Å². The first-order valence-corrected chi connectivity index (χ1v) is 5.93. The van der Waals surface area contributed by atoms with Gasteiger partial charge in [-0.05, 0) is 31.8 Å². The number of rotatable bonds is 8. The summed E-state index contributed by atoms with van der Waals surface area (Å²) in [4.78, 5) is 2.61. The number of unbranched alkanes of at least 4 members (excludes halogenated alkanes) is 2. The molecule has 0 aromatic heterocycles. The predicted octanol–water partition coefficient (Wildman–Crippen LogP) is 3.54. The molecule has 1 heteroatoms. The van der Waals surface area contributed by atoms with Crippen molar-refractivity contribution in [2.24, 2.45) is 5.92 Å². The van der Waals surface area contributed by atoms with Crippen molar-refractivity contribution in [2.45, 2.75) is 53.4 Å². The molecule has 0 bridgehead atoms. The molecule has 0 unspecified atom stereocenters. The van der Waals surface area contributed by atoms with E-state index in [2.05, 4.69) is 32.6 Å². The molecule has 0 N–H and O–H groups in total. The van der Waals surface area contributed by atoms with Gasteiger partial charge in [0.1, 0.15) is 0 Å². The van der Waals surface area contributed by atoms with Crippen LogP contribution in [0.2, 0.25) is 0 Å². The average Bonchev–Trinajstić information content (AvgIpc) is 2.04. The van der Waals surface area contributed by atoms with Crippen molar-refractivity contribution in [1.82, 2.24) is 4.90 Å². The van der Waals surface area contributed by atoms with Crippen molar-refractivity contribution in [3.63, 3.8) is 0 Å². The highest BCUT2D eigenvalue weighted by Crippen LogP contribution is 2.03. The van der Waals surface area contributed by atoms with E-state index < -0.39 is 0 Å². The van der Waals surface area contributed by atoms with Crippen LogP contribution >= 0.6 is 0 Å². The summed E-state index contributed by atoms with van der Waals surface area (Å²) < 4.78 is 0. The molecule has 0 aliphatic carbocycles. The Balaban J connectivity index is 3.53. The van der Waals surface area contributed by atoms with Crippen LogP contribution in [0.4, 0.5) is 0 Å². The second-order valence-corrected chi connectivity index (χ2v) is 4.40.